The molecule has 0 aliphatic carbocycles. The van der Waals surface area contributed by atoms with Crippen LogP contribution in [0.3, 0.4) is 0 Å². The molecule has 0 saturated heterocycles. The van der Waals surface area contributed by atoms with Gasteiger partial charge in [0.05, 0.1) is 10.2 Å². The smallest absolute Gasteiger partial charge is 0.164 e. The van der Waals surface area contributed by atoms with Gasteiger partial charge in [-0.05, 0) is 35.4 Å². The summed E-state index contributed by atoms with van der Waals surface area (Å²) in [7, 11) is 0. The zero-order valence-corrected chi connectivity index (χ0v) is 28.8. The lowest BCUT2D eigenvalue weighted by atomic mass is 9.98. The summed E-state index contributed by atoms with van der Waals surface area (Å²) in [5, 5.41) is 5.13. The van der Waals surface area contributed by atoms with Gasteiger partial charge in [0.1, 0.15) is 27.3 Å². The normalized spacial score (nSPS) is 11.8. The highest BCUT2D eigenvalue weighted by Gasteiger charge is 2.19. The SMILES string of the molecule is c1ccc(-c2nc(-c3ccc(-c4cccc5oc6cc7sc(-c8ccccc8)nc7cc6c45)cc3)nc(-c3cccc4oc5ccccc5c34)n2)cc1. The molecule has 0 fully saturated rings. The van der Waals surface area contributed by atoms with Crippen molar-refractivity contribution >= 4 is 65.4 Å². The molecule has 7 aromatic carbocycles. The summed E-state index contributed by atoms with van der Waals surface area (Å²) in [6.45, 7) is 0. The number of fused-ring (bicyclic) bond motifs is 7. The number of furan rings is 2. The Balaban J connectivity index is 1.03. The van der Waals surface area contributed by atoms with Crippen LogP contribution in [0, 0.1) is 0 Å². The Bertz CT molecular complexity index is 3160. The lowest BCUT2D eigenvalue weighted by molar-refractivity contribution is 0.669. The van der Waals surface area contributed by atoms with E-state index in [0.29, 0.717) is 17.5 Å². The third-order valence-electron chi connectivity index (χ3n) is 9.79. The zero-order valence-electron chi connectivity index (χ0n) is 28.0. The molecule has 4 heterocycles. The molecule has 11 aromatic rings. The minimum atomic E-state index is 0.591. The molecule has 0 N–H and O–H groups in total. The predicted molar refractivity (Wildman–Crippen MR) is 215 cm³/mol. The second kappa shape index (κ2) is 11.8. The summed E-state index contributed by atoms with van der Waals surface area (Å²) >= 11 is 1.68. The largest absolute Gasteiger partial charge is 0.456 e. The molecule has 0 aliphatic rings. The van der Waals surface area contributed by atoms with Crippen molar-refractivity contribution in [1.82, 2.24) is 19.9 Å². The first-order valence-corrected chi connectivity index (χ1v) is 18.2. The summed E-state index contributed by atoms with van der Waals surface area (Å²) in [6, 6.07) is 53.4. The highest BCUT2D eigenvalue weighted by molar-refractivity contribution is 7.21. The molecule has 0 saturated carbocycles. The summed E-state index contributed by atoms with van der Waals surface area (Å²) in [6.07, 6.45) is 0. The van der Waals surface area contributed by atoms with E-state index in [2.05, 4.69) is 66.7 Å². The summed E-state index contributed by atoms with van der Waals surface area (Å²) in [5.74, 6) is 1.80. The van der Waals surface area contributed by atoms with Crippen LogP contribution in [0.4, 0.5) is 0 Å². The molecule has 0 radical (unpaired) electrons. The molecule has 53 heavy (non-hydrogen) atoms. The first-order chi connectivity index (χ1) is 26.2. The molecule has 0 amide bonds. The topological polar surface area (TPSA) is 77.8 Å². The summed E-state index contributed by atoms with van der Waals surface area (Å²) in [4.78, 5) is 20.1. The highest BCUT2D eigenvalue weighted by atomic mass is 32.1. The molecular weight excluding hydrogens is 673 g/mol. The van der Waals surface area contributed by atoms with Gasteiger partial charge in [0.25, 0.3) is 0 Å². The minimum Gasteiger partial charge on any atom is -0.456 e. The van der Waals surface area contributed by atoms with Crippen molar-refractivity contribution in [3.63, 3.8) is 0 Å². The summed E-state index contributed by atoms with van der Waals surface area (Å²) in [5.41, 5.74) is 10.3. The highest BCUT2D eigenvalue weighted by Crippen LogP contribution is 2.41. The van der Waals surface area contributed by atoms with Gasteiger partial charge < -0.3 is 8.83 Å². The number of rotatable bonds is 5. The quantitative estimate of drug-likeness (QED) is 0.178. The molecular formula is C46H26N4O2S. The molecule has 0 aliphatic heterocycles. The van der Waals surface area contributed by atoms with Gasteiger partial charge in [-0.2, -0.15) is 0 Å². The molecule has 4 aromatic heterocycles. The zero-order chi connectivity index (χ0) is 34.9. The van der Waals surface area contributed by atoms with E-state index >= 15 is 0 Å². The van der Waals surface area contributed by atoms with Crippen LogP contribution in [0.25, 0.3) is 110 Å². The Kier molecular flexibility index (Phi) is 6.62. The van der Waals surface area contributed by atoms with E-state index in [9.17, 15) is 0 Å². The lowest BCUT2D eigenvalue weighted by Gasteiger charge is -2.10. The Hall–Kier alpha value is -6.96. The van der Waals surface area contributed by atoms with E-state index in [-0.39, 0.29) is 0 Å². The number of para-hydroxylation sites is 1. The van der Waals surface area contributed by atoms with Crippen LogP contribution in [0.2, 0.25) is 0 Å². The molecule has 0 unspecified atom stereocenters. The van der Waals surface area contributed by atoms with Crippen LogP contribution in [0.15, 0.2) is 167 Å². The van der Waals surface area contributed by atoms with Crippen molar-refractivity contribution < 1.29 is 8.83 Å². The fraction of sp³-hybridized carbons (Fsp3) is 0. The van der Waals surface area contributed by atoms with E-state index in [1.807, 2.05) is 91.0 Å². The van der Waals surface area contributed by atoms with Gasteiger partial charge in [0.15, 0.2) is 17.5 Å². The van der Waals surface area contributed by atoms with Crippen molar-refractivity contribution in [3.05, 3.63) is 158 Å². The molecule has 0 bridgehead atoms. The maximum absolute atomic E-state index is 6.44. The number of aromatic nitrogens is 4. The van der Waals surface area contributed by atoms with Crippen molar-refractivity contribution in [3.8, 4) is 55.9 Å². The van der Waals surface area contributed by atoms with Crippen molar-refractivity contribution in [2.45, 2.75) is 0 Å². The van der Waals surface area contributed by atoms with Gasteiger partial charge in [-0.15, -0.1) is 11.3 Å². The fourth-order valence-electron chi connectivity index (χ4n) is 7.29. The minimum absolute atomic E-state index is 0.591. The summed E-state index contributed by atoms with van der Waals surface area (Å²) < 4.78 is 13.8. The van der Waals surface area contributed by atoms with Gasteiger partial charge >= 0.3 is 0 Å². The van der Waals surface area contributed by atoms with E-state index in [1.54, 1.807) is 11.3 Å². The van der Waals surface area contributed by atoms with Crippen LogP contribution >= 0.6 is 11.3 Å². The Morgan fingerprint density at radius 1 is 0.377 bits per heavy atom. The van der Waals surface area contributed by atoms with E-state index in [0.717, 1.165) is 92.5 Å². The predicted octanol–water partition coefficient (Wildman–Crippen LogP) is 12.6. The number of benzene rings is 7. The molecule has 0 spiro atoms. The van der Waals surface area contributed by atoms with Gasteiger partial charge in [0.2, 0.25) is 0 Å². The maximum Gasteiger partial charge on any atom is 0.164 e. The fourth-order valence-corrected chi connectivity index (χ4v) is 8.28. The van der Waals surface area contributed by atoms with Crippen LogP contribution in [-0.4, -0.2) is 19.9 Å². The van der Waals surface area contributed by atoms with Crippen LogP contribution < -0.4 is 0 Å². The van der Waals surface area contributed by atoms with Crippen molar-refractivity contribution in [1.29, 1.82) is 0 Å². The third-order valence-corrected chi connectivity index (χ3v) is 10.9. The van der Waals surface area contributed by atoms with E-state index in [1.165, 1.54) is 0 Å². The lowest BCUT2D eigenvalue weighted by Crippen LogP contribution is -2.00. The average molecular weight is 699 g/mol. The average Bonchev–Trinajstić information content (AvgIpc) is 3.93. The van der Waals surface area contributed by atoms with Gasteiger partial charge in [0, 0.05) is 49.9 Å². The van der Waals surface area contributed by atoms with Gasteiger partial charge in [-0.25, -0.2) is 19.9 Å². The molecule has 7 heteroatoms. The second-order valence-corrected chi connectivity index (χ2v) is 14.0. The van der Waals surface area contributed by atoms with Crippen molar-refractivity contribution in [2.24, 2.45) is 0 Å². The van der Waals surface area contributed by atoms with Crippen LogP contribution in [0.5, 0.6) is 0 Å². The molecule has 6 nitrogen and oxygen atoms in total. The third kappa shape index (κ3) is 4.93. The first-order valence-electron chi connectivity index (χ1n) is 17.4. The van der Waals surface area contributed by atoms with Gasteiger partial charge in [-0.3, -0.25) is 0 Å². The van der Waals surface area contributed by atoms with Crippen molar-refractivity contribution in [2.75, 3.05) is 0 Å². The van der Waals surface area contributed by atoms with Crippen LogP contribution in [0.1, 0.15) is 0 Å². The van der Waals surface area contributed by atoms with Gasteiger partial charge in [-0.1, -0.05) is 127 Å². The molecule has 248 valence electrons. The van der Waals surface area contributed by atoms with Crippen LogP contribution in [-0.2, 0) is 0 Å². The number of hydrogen-bond donors (Lipinski definition) is 0. The number of thiazole rings is 1. The monoisotopic (exact) mass is 698 g/mol. The molecule has 11 rings (SSSR count). The Morgan fingerprint density at radius 2 is 0.943 bits per heavy atom. The Labute approximate surface area is 306 Å². The second-order valence-electron chi connectivity index (χ2n) is 13.0. The number of hydrogen-bond acceptors (Lipinski definition) is 7. The first kappa shape index (κ1) is 29.7. The van der Waals surface area contributed by atoms with E-state index < -0.39 is 0 Å². The van der Waals surface area contributed by atoms with E-state index in [4.69, 9.17) is 28.8 Å². The Morgan fingerprint density at radius 3 is 1.70 bits per heavy atom. The maximum atomic E-state index is 6.44. The number of nitrogens with zero attached hydrogens (tertiary/aromatic N) is 4. The molecule has 0 atom stereocenters. The standard InChI is InChI=1S/C46H26N4O2S/c1-3-11-28(12-4-1)43-48-44(50-45(49-43)33-17-10-20-38-42(33)32-15-7-8-18-36(32)51-38)29-23-21-27(22-24-29)31-16-9-19-37-41(31)34-25-35-40(26-39(34)52-37)53-46(47-35)30-13-5-2-6-14-30/h1-26H.